The van der Waals surface area contributed by atoms with Crippen molar-refractivity contribution >= 4 is 17.2 Å². The van der Waals surface area contributed by atoms with E-state index in [1.165, 1.54) is 28.9 Å². The van der Waals surface area contributed by atoms with Gasteiger partial charge in [-0.25, -0.2) is 14.8 Å². The van der Waals surface area contributed by atoms with Crippen molar-refractivity contribution in [2.75, 3.05) is 39.0 Å². The van der Waals surface area contributed by atoms with Crippen LogP contribution in [0.25, 0.3) is 5.65 Å². The lowest BCUT2D eigenvalue weighted by Gasteiger charge is -2.33. The molecule has 0 saturated carbocycles. The maximum Gasteiger partial charge on any atom is 0.394 e. The van der Waals surface area contributed by atoms with Crippen LogP contribution in [-0.4, -0.2) is 82.3 Å². The normalized spacial score (nSPS) is 18.3. The average Bonchev–Trinajstić information content (AvgIpc) is 3.20. The average molecular weight is 518 g/mol. The number of imidazole rings is 1. The Hall–Kier alpha value is -3.69. The Labute approximate surface area is 211 Å². The zero-order valence-electron chi connectivity index (χ0n) is 20.4. The van der Waals surface area contributed by atoms with Gasteiger partial charge in [0.25, 0.3) is 5.91 Å². The third-order valence-electron chi connectivity index (χ3n) is 6.00. The van der Waals surface area contributed by atoms with Gasteiger partial charge in [-0.05, 0) is 43.7 Å². The number of nitrogens with zero attached hydrogens (tertiary/aromatic N) is 5. The second kappa shape index (κ2) is 11.1. The van der Waals surface area contributed by atoms with Gasteiger partial charge in [0.2, 0.25) is 0 Å². The van der Waals surface area contributed by atoms with Gasteiger partial charge in [-0.1, -0.05) is 12.0 Å². The number of piperidine rings is 1. The van der Waals surface area contributed by atoms with Gasteiger partial charge in [0, 0.05) is 32.5 Å². The van der Waals surface area contributed by atoms with E-state index in [4.69, 9.17) is 0 Å². The van der Waals surface area contributed by atoms with E-state index in [-0.39, 0.29) is 41.7 Å². The van der Waals surface area contributed by atoms with Crippen LogP contribution in [0.4, 0.5) is 23.2 Å². The summed E-state index contributed by atoms with van der Waals surface area (Å²) < 4.78 is 56.2. The molecule has 1 aliphatic rings. The molecular weight excluding hydrogens is 490 g/mol. The van der Waals surface area contributed by atoms with Crippen LogP contribution in [0.3, 0.4) is 0 Å². The number of hydrazine groups is 1. The Morgan fingerprint density at radius 3 is 2.78 bits per heavy atom. The Morgan fingerprint density at radius 1 is 1.27 bits per heavy atom. The first-order valence-corrected chi connectivity index (χ1v) is 11.7. The van der Waals surface area contributed by atoms with Gasteiger partial charge in [-0.2, -0.15) is 13.2 Å². The first-order valence-electron chi connectivity index (χ1n) is 11.7. The summed E-state index contributed by atoms with van der Waals surface area (Å²) in [4.78, 5) is 22.6. The second-order valence-electron chi connectivity index (χ2n) is 8.85. The Balaban J connectivity index is 1.55. The zero-order valence-corrected chi connectivity index (χ0v) is 20.4. The predicted octanol–water partition coefficient (Wildman–Crippen LogP) is 2.92. The number of amides is 1. The van der Waals surface area contributed by atoms with Crippen LogP contribution in [0, 0.1) is 11.8 Å². The molecule has 196 valence electrons. The highest BCUT2D eigenvalue weighted by molar-refractivity contribution is 5.91. The fraction of sp³-hybridized carbons (Fsp3) is 0.400. The third kappa shape index (κ3) is 6.55. The van der Waals surface area contributed by atoms with Crippen LogP contribution in [0.1, 0.15) is 28.3 Å². The maximum absolute atomic E-state index is 14.6. The fourth-order valence-corrected chi connectivity index (χ4v) is 4.13. The highest BCUT2D eigenvalue weighted by atomic mass is 19.4. The van der Waals surface area contributed by atoms with Crippen molar-refractivity contribution in [3.8, 4) is 11.8 Å². The number of carbonyl (C=O) groups is 1. The molecule has 0 aromatic carbocycles. The molecule has 1 saturated heterocycles. The molecule has 0 bridgehead atoms. The van der Waals surface area contributed by atoms with Crippen LogP contribution in [0.5, 0.6) is 0 Å². The molecule has 1 fully saturated rings. The van der Waals surface area contributed by atoms with E-state index < -0.39 is 24.8 Å². The van der Waals surface area contributed by atoms with E-state index in [0.29, 0.717) is 18.7 Å². The molecule has 0 aliphatic carbocycles. The standard InChI is InChI=1S/C25H27F4N7O/c1-34-14-10-18(17(26)16-34)32-20-9-6-13-36-22(15-25(27,28)29)19(33-23(20)36)8-5-12-31-35(2)24(37)21-7-3-4-11-30-21/h3-4,6-7,9,11,13,17-18,31-32H,10,12,14-16H2,1-2H3/t17-,18+/m0/s1. The lowest BCUT2D eigenvalue weighted by molar-refractivity contribution is -0.128. The highest BCUT2D eigenvalue weighted by Gasteiger charge is 2.32. The van der Waals surface area contributed by atoms with Crippen molar-refractivity contribution in [3.63, 3.8) is 0 Å². The van der Waals surface area contributed by atoms with Gasteiger partial charge in [0.05, 0.1) is 30.4 Å². The first kappa shape index (κ1) is 26.4. The van der Waals surface area contributed by atoms with Crippen molar-refractivity contribution in [1.29, 1.82) is 0 Å². The fourth-order valence-electron chi connectivity index (χ4n) is 4.13. The molecule has 3 aromatic rings. The number of halogens is 4. The molecule has 12 heteroatoms. The highest BCUT2D eigenvalue weighted by Crippen LogP contribution is 2.28. The van der Waals surface area contributed by atoms with Crippen molar-refractivity contribution in [1.82, 2.24) is 29.7 Å². The third-order valence-corrected chi connectivity index (χ3v) is 6.00. The van der Waals surface area contributed by atoms with Crippen molar-refractivity contribution in [2.45, 2.75) is 31.2 Å². The van der Waals surface area contributed by atoms with Crippen LogP contribution in [0.15, 0.2) is 42.7 Å². The summed E-state index contributed by atoms with van der Waals surface area (Å²) in [6.07, 6.45) is -3.30. The van der Waals surface area contributed by atoms with E-state index in [9.17, 15) is 22.4 Å². The number of carbonyl (C=O) groups excluding carboxylic acids is 1. The molecule has 0 radical (unpaired) electrons. The van der Waals surface area contributed by atoms with Crippen molar-refractivity contribution < 1.29 is 22.4 Å². The molecule has 3 aromatic heterocycles. The number of pyridine rings is 2. The number of fused-ring (bicyclic) bond motifs is 1. The molecule has 37 heavy (non-hydrogen) atoms. The summed E-state index contributed by atoms with van der Waals surface area (Å²) in [7, 11) is 3.34. The van der Waals surface area contributed by atoms with Crippen LogP contribution < -0.4 is 10.7 Å². The summed E-state index contributed by atoms with van der Waals surface area (Å²) in [6.45, 7) is 0.962. The minimum atomic E-state index is -4.48. The number of hydrogen-bond acceptors (Lipinski definition) is 6. The number of alkyl halides is 4. The first-order chi connectivity index (χ1) is 17.6. The minimum absolute atomic E-state index is 0.0152. The topological polar surface area (TPSA) is 77.8 Å². The molecule has 0 unspecified atom stereocenters. The van der Waals surface area contributed by atoms with E-state index in [2.05, 4.69) is 32.6 Å². The van der Waals surface area contributed by atoms with Crippen LogP contribution in [0.2, 0.25) is 0 Å². The Kier molecular flexibility index (Phi) is 7.94. The largest absolute Gasteiger partial charge is 0.394 e. The molecular formula is C25H27F4N7O. The summed E-state index contributed by atoms with van der Waals surface area (Å²) in [5.41, 5.74) is 3.55. The minimum Gasteiger partial charge on any atom is -0.376 e. The van der Waals surface area contributed by atoms with E-state index in [1.807, 2.05) is 11.9 Å². The Bertz CT molecular complexity index is 1300. The SMILES string of the molecule is CN1CC[C@@H](Nc2cccn3c(CC(F)(F)F)c(C#CCNN(C)C(=O)c4ccccn4)nc23)[C@@H](F)C1. The van der Waals surface area contributed by atoms with Gasteiger partial charge < -0.3 is 14.6 Å². The maximum atomic E-state index is 14.6. The van der Waals surface area contributed by atoms with Gasteiger partial charge in [-0.3, -0.25) is 14.8 Å². The van der Waals surface area contributed by atoms with Crippen LogP contribution >= 0.6 is 0 Å². The van der Waals surface area contributed by atoms with Gasteiger partial charge in [0.1, 0.15) is 17.6 Å². The quantitative estimate of drug-likeness (QED) is 0.298. The molecule has 4 heterocycles. The Morgan fingerprint density at radius 2 is 2.08 bits per heavy atom. The van der Waals surface area contributed by atoms with Gasteiger partial charge in [-0.15, -0.1) is 0 Å². The van der Waals surface area contributed by atoms with Gasteiger partial charge in [0.15, 0.2) is 5.65 Å². The summed E-state index contributed by atoms with van der Waals surface area (Å²) in [5.74, 6) is 5.05. The lowest BCUT2D eigenvalue weighted by atomic mass is 10.0. The molecule has 2 N–H and O–H groups in total. The summed E-state index contributed by atoms with van der Waals surface area (Å²) in [5, 5.41) is 4.33. The summed E-state index contributed by atoms with van der Waals surface area (Å²) >= 11 is 0. The number of likely N-dealkylation sites (tertiary alicyclic amines) is 1. The molecule has 0 spiro atoms. The van der Waals surface area contributed by atoms with Crippen molar-refractivity contribution in [2.24, 2.45) is 0 Å². The molecule has 1 aliphatic heterocycles. The van der Waals surface area contributed by atoms with E-state index in [1.54, 1.807) is 30.3 Å². The molecule has 1 amide bonds. The summed E-state index contributed by atoms with van der Waals surface area (Å²) in [6, 6.07) is 7.72. The zero-order chi connectivity index (χ0) is 26.6. The predicted molar refractivity (Wildman–Crippen MR) is 131 cm³/mol. The monoisotopic (exact) mass is 517 g/mol. The number of aromatic nitrogens is 3. The second-order valence-corrected chi connectivity index (χ2v) is 8.85. The van der Waals surface area contributed by atoms with Crippen LogP contribution in [-0.2, 0) is 6.42 Å². The molecule has 4 rings (SSSR count). The molecule has 8 nitrogen and oxygen atoms in total. The number of nitrogens with one attached hydrogen (secondary N) is 2. The number of hydrogen-bond donors (Lipinski definition) is 2. The van der Waals surface area contributed by atoms with Gasteiger partial charge >= 0.3 is 6.18 Å². The lowest BCUT2D eigenvalue weighted by Crippen LogP contribution is -2.46. The van der Waals surface area contributed by atoms with E-state index >= 15 is 0 Å². The van der Waals surface area contributed by atoms with Crippen molar-refractivity contribution in [3.05, 3.63) is 59.8 Å². The van der Waals surface area contributed by atoms with E-state index in [0.717, 1.165) is 0 Å². The number of anilines is 1. The molecule has 2 atom stereocenters. The smallest absolute Gasteiger partial charge is 0.376 e. The number of rotatable bonds is 6.